The maximum atomic E-state index is 13.7. The fourth-order valence-electron chi connectivity index (χ4n) is 1.96. The van der Waals surface area contributed by atoms with Gasteiger partial charge in [-0.2, -0.15) is 0 Å². The van der Waals surface area contributed by atoms with E-state index in [4.69, 9.17) is 5.73 Å². The third-order valence-electron chi connectivity index (χ3n) is 3.02. The van der Waals surface area contributed by atoms with Gasteiger partial charge in [-0.1, -0.05) is 30.3 Å². The van der Waals surface area contributed by atoms with Gasteiger partial charge in [-0.25, -0.2) is 4.39 Å². The molecule has 0 aliphatic heterocycles. The molecule has 2 atom stereocenters. The van der Waals surface area contributed by atoms with Crippen molar-refractivity contribution in [2.75, 3.05) is 0 Å². The van der Waals surface area contributed by atoms with E-state index in [1.54, 1.807) is 12.1 Å². The zero-order valence-corrected chi connectivity index (χ0v) is 12.4. The number of benzene rings is 2. The molecule has 0 fully saturated rings. The average Bonchev–Trinajstić information content (AvgIpc) is 2.42. The van der Waals surface area contributed by atoms with Gasteiger partial charge < -0.3 is 10.8 Å². The number of rotatable bonds is 4. The molecule has 2 aromatic rings. The van der Waals surface area contributed by atoms with E-state index in [9.17, 15) is 9.50 Å². The van der Waals surface area contributed by atoms with Gasteiger partial charge in [0.2, 0.25) is 0 Å². The Morgan fingerprint density at radius 2 is 1.84 bits per heavy atom. The molecule has 0 radical (unpaired) electrons. The summed E-state index contributed by atoms with van der Waals surface area (Å²) in [5.74, 6) is -0.375. The summed E-state index contributed by atoms with van der Waals surface area (Å²) in [6.45, 7) is 0. The van der Waals surface area contributed by atoms with Crippen LogP contribution in [0.3, 0.4) is 0 Å². The Bertz CT molecular complexity index is 547. The Hall–Kier alpha value is -0.980. The number of aliphatic hydroxyl groups is 1. The third kappa shape index (κ3) is 3.75. The first-order valence-corrected chi connectivity index (χ1v) is 7.08. The summed E-state index contributed by atoms with van der Waals surface area (Å²) in [6, 6.07) is 13.6. The summed E-state index contributed by atoms with van der Waals surface area (Å²) in [5.41, 5.74) is 7.30. The molecule has 0 saturated heterocycles. The molecule has 0 bridgehead atoms. The monoisotopic (exact) mass is 371 g/mol. The standard InChI is InChI=1S/C15H15FINO/c16-13-7-6-11(17)9-12(13)15(18)14(19)8-10-4-2-1-3-5-10/h1-7,9,14-15,19H,8,18H2/t14-,15+/m1/s1. The molecule has 2 aromatic carbocycles. The minimum Gasteiger partial charge on any atom is -0.391 e. The largest absolute Gasteiger partial charge is 0.391 e. The Morgan fingerprint density at radius 1 is 1.16 bits per heavy atom. The van der Waals surface area contributed by atoms with E-state index < -0.39 is 12.1 Å². The zero-order valence-electron chi connectivity index (χ0n) is 10.3. The molecule has 4 heteroatoms. The SMILES string of the molecule is N[C@@H](c1cc(I)ccc1F)[C@H](O)Cc1ccccc1. The minimum atomic E-state index is -0.810. The van der Waals surface area contributed by atoms with Crippen molar-refractivity contribution >= 4 is 22.6 Å². The van der Waals surface area contributed by atoms with Crippen molar-refractivity contribution in [2.24, 2.45) is 5.73 Å². The van der Waals surface area contributed by atoms with E-state index in [1.165, 1.54) is 6.07 Å². The Kier molecular flexibility index (Phi) is 4.90. The van der Waals surface area contributed by atoms with Crippen molar-refractivity contribution < 1.29 is 9.50 Å². The molecule has 3 N–H and O–H groups in total. The molecular formula is C15H15FINO. The Labute approximate surface area is 125 Å². The van der Waals surface area contributed by atoms with Gasteiger partial charge in [-0.3, -0.25) is 0 Å². The number of hydrogen-bond donors (Lipinski definition) is 2. The van der Waals surface area contributed by atoms with Crippen LogP contribution in [0.4, 0.5) is 4.39 Å². The number of hydrogen-bond acceptors (Lipinski definition) is 2. The zero-order chi connectivity index (χ0) is 13.8. The van der Waals surface area contributed by atoms with Gasteiger partial charge in [0.1, 0.15) is 5.82 Å². The second-order valence-electron chi connectivity index (χ2n) is 4.45. The first kappa shape index (κ1) is 14.4. The molecule has 0 aliphatic rings. The maximum absolute atomic E-state index is 13.7. The summed E-state index contributed by atoms with van der Waals surface area (Å²) in [5, 5.41) is 10.1. The highest BCUT2D eigenvalue weighted by Gasteiger charge is 2.20. The fraction of sp³-hybridized carbons (Fsp3) is 0.200. The topological polar surface area (TPSA) is 46.2 Å². The molecule has 100 valence electrons. The number of halogens is 2. The molecule has 2 rings (SSSR count). The molecular weight excluding hydrogens is 356 g/mol. The van der Waals surface area contributed by atoms with Crippen molar-refractivity contribution in [1.29, 1.82) is 0 Å². The lowest BCUT2D eigenvalue weighted by Crippen LogP contribution is -2.29. The van der Waals surface area contributed by atoms with Crippen LogP contribution in [-0.2, 0) is 6.42 Å². The van der Waals surface area contributed by atoms with Crippen LogP contribution in [0.1, 0.15) is 17.2 Å². The fourth-order valence-corrected chi connectivity index (χ4v) is 2.48. The van der Waals surface area contributed by atoms with Crippen molar-refractivity contribution in [3.63, 3.8) is 0 Å². The van der Waals surface area contributed by atoms with Crippen LogP contribution in [-0.4, -0.2) is 11.2 Å². The average molecular weight is 371 g/mol. The normalized spacial score (nSPS) is 14.1. The first-order chi connectivity index (χ1) is 9.08. The summed E-state index contributed by atoms with van der Waals surface area (Å²) < 4.78 is 14.6. The first-order valence-electron chi connectivity index (χ1n) is 6.00. The van der Waals surface area contributed by atoms with Crippen LogP contribution < -0.4 is 5.73 Å². The van der Waals surface area contributed by atoms with E-state index in [1.807, 2.05) is 30.3 Å². The van der Waals surface area contributed by atoms with Gasteiger partial charge in [0.15, 0.2) is 0 Å². The molecule has 0 aliphatic carbocycles. The Morgan fingerprint density at radius 3 is 2.53 bits per heavy atom. The highest BCUT2D eigenvalue weighted by molar-refractivity contribution is 14.1. The van der Waals surface area contributed by atoms with E-state index in [0.717, 1.165) is 9.13 Å². The van der Waals surface area contributed by atoms with Crippen molar-refractivity contribution in [2.45, 2.75) is 18.6 Å². The quantitative estimate of drug-likeness (QED) is 0.812. The van der Waals surface area contributed by atoms with Crippen LogP contribution in [0.25, 0.3) is 0 Å². The van der Waals surface area contributed by atoms with Crippen LogP contribution in [0.15, 0.2) is 48.5 Å². The highest BCUT2D eigenvalue weighted by Crippen LogP contribution is 2.22. The lowest BCUT2D eigenvalue weighted by Gasteiger charge is -2.20. The van der Waals surface area contributed by atoms with Crippen molar-refractivity contribution in [3.05, 3.63) is 69.0 Å². The molecule has 0 saturated carbocycles. The lowest BCUT2D eigenvalue weighted by molar-refractivity contribution is 0.143. The summed E-state index contributed by atoms with van der Waals surface area (Å²) in [4.78, 5) is 0. The molecule has 2 nitrogen and oxygen atoms in total. The van der Waals surface area contributed by atoms with E-state index >= 15 is 0 Å². The van der Waals surface area contributed by atoms with Crippen LogP contribution in [0.2, 0.25) is 0 Å². The molecule has 0 amide bonds. The van der Waals surface area contributed by atoms with Crippen LogP contribution in [0, 0.1) is 9.39 Å². The van der Waals surface area contributed by atoms with E-state index in [2.05, 4.69) is 22.6 Å². The molecule has 0 aromatic heterocycles. The minimum absolute atomic E-state index is 0.357. The predicted octanol–water partition coefficient (Wildman–Crippen LogP) is 3.03. The Balaban J connectivity index is 2.14. The van der Waals surface area contributed by atoms with Crippen molar-refractivity contribution in [1.82, 2.24) is 0 Å². The molecule has 19 heavy (non-hydrogen) atoms. The van der Waals surface area contributed by atoms with Gasteiger partial charge in [0.05, 0.1) is 12.1 Å². The maximum Gasteiger partial charge on any atom is 0.128 e. The van der Waals surface area contributed by atoms with Gasteiger partial charge >= 0.3 is 0 Å². The molecule has 0 unspecified atom stereocenters. The predicted molar refractivity (Wildman–Crippen MR) is 82.2 cm³/mol. The van der Waals surface area contributed by atoms with Gasteiger partial charge in [-0.15, -0.1) is 0 Å². The van der Waals surface area contributed by atoms with E-state index in [-0.39, 0.29) is 5.82 Å². The molecule has 0 heterocycles. The van der Waals surface area contributed by atoms with E-state index in [0.29, 0.717) is 12.0 Å². The number of nitrogens with two attached hydrogens (primary N) is 1. The highest BCUT2D eigenvalue weighted by atomic mass is 127. The van der Waals surface area contributed by atoms with Crippen LogP contribution in [0.5, 0.6) is 0 Å². The van der Waals surface area contributed by atoms with Gasteiger partial charge in [0, 0.05) is 15.6 Å². The number of aliphatic hydroxyl groups excluding tert-OH is 1. The van der Waals surface area contributed by atoms with Gasteiger partial charge in [0.25, 0.3) is 0 Å². The smallest absolute Gasteiger partial charge is 0.128 e. The summed E-state index contributed by atoms with van der Waals surface area (Å²) >= 11 is 2.10. The second-order valence-corrected chi connectivity index (χ2v) is 5.69. The van der Waals surface area contributed by atoms with Crippen molar-refractivity contribution in [3.8, 4) is 0 Å². The third-order valence-corrected chi connectivity index (χ3v) is 3.69. The van der Waals surface area contributed by atoms with Gasteiger partial charge in [-0.05, 0) is 46.4 Å². The summed E-state index contributed by atoms with van der Waals surface area (Å²) in [6.07, 6.45) is -0.400. The second kappa shape index (κ2) is 6.45. The molecule has 0 spiro atoms. The lowest BCUT2D eigenvalue weighted by atomic mass is 9.96. The summed E-state index contributed by atoms with van der Waals surface area (Å²) in [7, 11) is 0. The van der Waals surface area contributed by atoms with Crippen LogP contribution >= 0.6 is 22.6 Å².